The van der Waals surface area contributed by atoms with E-state index in [4.69, 9.17) is 10.00 Å². The van der Waals surface area contributed by atoms with Crippen LogP contribution in [0.15, 0.2) is 29.1 Å². The molecule has 2 atom stereocenters. The van der Waals surface area contributed by atoms with Gasteiger partial charge in [-0.05, 0) is 28.8 Å². The lowest BCUT2D eigenvalue weighted by molar-refractivity contribution is 0.252. The van der Waals surface area contributed by atoms with Gasteiger partial charge in [-0.3, -0.25) is 13.7 Å². The Bertz CT molecular complexity index is 1080. The molecule has 2 unspecified atom stereocenters. The molecule has 1 fully saturated rings. The molecule has 2 aliphatic rings. The molecule has 0 bridgehead atoms. The number of fused-ring (bicyclic) bond motifs is 3. The maximum atomic E-state index is 13.4. The Labute approximate surface area is 180 Å². The largest absolute Gasteiger partial charge is 0.771 e. The second-order valence-corrected chi connectivity index (χ2v) is 7.78. The molecule has 1 aromatic carbocycles. The van der Waals surface area contributed by atoms with Crippen LogP contribution in [-0.2, 0) is 24.2 Å². The number of anilines is 1. The van der Waals surface area contributed by atoms with E-state index in [-0.39, 0.29) is 42.4 Å². The number of aromatic nitrogens is 2. The summed E-state index contributed by atoms with van der Waals surface area (Å²) < 4.78 is 42.5. The summed E-state index contributed by atoms with van der Waals surface area (Å²) in [4.78, 5) is 20.3. The van der Waals surface area contributed by atoms with Crippen LogP contribution in [-0.4, -0.2) is 54.8 Å². The molecule has 30 heavy (non-hydrogen) atoms. The van der Waals surface area contributed by atoms with Crippen LogP contribution in [0.4, 0.5) is 10.2 Å². The van der Waals surface area contributed by atoms with Crippen molar-refractivity contribution in [2.75, 3.05) is 30.4 Å². The van der Waals surface area contributed by atoms with Gasteiger partial charge in [0.15, 0.2) is 0 Å². The summed E-state index contributed by atoms with van der Waals surface area (Å²) in [5.41, 5.74) is 0.0675. The van der Waals surface area contributed by atoms with Crippen molar-refractivity contribution in [1.29, 1.82) is 5.26 Å². The standard InChI is InChI=1S/C18H18FN5O4S.ClH/c19-15-2-1-12(5-13(15)7-20)10-28-16-6-17-23-4-3-22(11-29(26)27)8-14(23)9-24(17)18(25)21-16;/h1-2,5-6,14H,3-4,8-11H2,(H,26,27);1H/p-1. The maximum Gasteiger partial charge on any atom is 0.352 e. The van der Waals surface area contributed by atoms with E-state index in [2.05, 4.69) is 9.88 Å². The van der Waals surface area contributed by atoms with E-state index in [1.165, 1.54) is 18.2 Å². The summed E-state index contributed by atoms with van der Waals surface area (Å²) >= 11 is -2.14. The van der Waals surface area contributed by atoms with E-state index in [0.29, 0.717) is 37.6 Å². The molecular formula is C18H18ClFN5O4S-. The average molecular weight is 455 g/mol. The summed E-state index contributed by atoms with van der Waals surface area (Å²) in [6.07, 6.45) is 0. The molecule has 0 radical (unpaired) electrons. The molecule has 0 aliphatic carbocycles. The van der Waals surface area contributed by atoms with E-state index in [9.17, 15) is 17.9 Å². The first-order valence-corrected chi connectivity index (χ1v) is 10.2. The molecule has 4 rings (SSSR count). The summed E-state index contributed by atoms with van der Waals surface area (Å²) in [6, 6.07) is 7.54. The highest BCUT2D eigenvalue weighted by Crippen LogP contribution is 2.29. The van der Waals surface area contributed by atoms with Gasteiger partial charge in [0.1, 0.15) is 24.3 Å². The molecule has 1 aromatic heterocycles. The van der Waals surface area contributed by atoms with Gasteiger partial charge in [-0.15, -0.1) is 12.4 Å². The number of piperazine rings is 1. The smallest absolute Gasteiger partial charge is 0.352 e. The van der Waals surface area contributed by atoms with Gasteiger partial charge in [0.05, 0.1) is 24.0 Å². The molecule has 0 N–H and O–H groups in total. The fourth-order valence-electron chi connectivity index (χ4n) is 3.72. The molecule has 0 spiro atoms. The normalized spacial score (nSPS) is 18.7. The van der Waals surface area contributed by atoms with Crippen LogP contribution in [0.25, 0.3) is 0 Å². The van der Waals surface area contributed by atoms with E-state index in [1.54, 1.807) is 16.7 Å². The second-order valence-electron chi connectivity index (χ2n) is 6.92. The third-order valence-electron chi connectivity index (χ3n) is 5.05. The summed E-state index contributed by atoms with van der Waals surface area (Å²) in [5, 5.41) is 8.92. The third kappa shape index (κ3) is 4.46. The van der Waals surface area contributed by atoms with Gasteiger partial charge in [-0.1, -0.05) is 6.07 Å². The van der Waals surface area contributed by atoms with Crippen LogP contribution in [0.5, 0.6) is 5.88 Å². The molecule has 0 saturated carbocycles. The van der Waals surface area contributed by atoms with Crippen molar-refractivity contribution in [2.45, 2.75) is 19.2 Å². The minimum Gasteiger partial charge on any atom is -0.771 e. The van der Waals surface area contributed by atoms with Crippen LogP contribution >= 0.6 is 12.4 Å². The number of hydrogen-bond donors (Lipinski definition) is 0. The molecule has 12 heteroatoms. The number of benzene rings is 1. The van der Waals surface area contributed by atoms with Crippen molar-refractivity contribution in [1.82, 2.24) is 14.5 Å². The fraction of sp³-hybridized carbons (Fsp3) is 0.389. The zero-order valence-corrected chi connectivity index (χ0v) is 17.3. The van der Waals surface area contributed by atoms with Gasteiger partial charge in [-0.25, -0.2) is 9.18 Å². The lowest BCUT2D eigenvalue weighted by Crippen LogP contribution is -2.52. The third-order valence-corrected chi connectivity index (χ3v) is 5.62. The number of halogens is 2. The quantitative estimate of drug-likeness (QED) is 0.603. The van der Waals surface area contributed by atoms with E-state index in [0.717, 1.165) is 0 Å². The summed E-state index contributed by atoms with van der Waals surface area (Å²) in [5.74, 6) is 0.207. The first-order chi connectivity index (χ1) is 13.9. The maximum absolute atomic E-state index is 13.4. The van der Waals surface area contributed by atoms with E-state index in [1.807, 2.05) is 4.90 Å². The zero-order chi connectivity index (χ0) is 20.5. The minimum absolute atomic E-state index is 0. The Morgan fingerprint density at radius 2 is 2.13 bits per heavy atom. The highest BCUT2D eigenvalue weighted by Gasteiger charge is 2.35. The monoisotopic (exact) mass is 454 g/mol. The van der Waals surface area contributed by atoms with E-state index >= 15 is 0 Å². The number of nitriles is 1. The number of hydrogen-bond acceptors (Lipinski definition) is 8. The Morgan fingerprint density at radius 3 is 2.87 bits per heavy atom. The number of rotatable bonds is 5. The van der Waals surface area contributed by atoms with Crippen molar-refractivity contribution in [2.24, 2.45) is 0 Å². The van der Waals surface area contributed by atoms with Crippen molar-refractivity contribution in [3.8, 4) is 11.9 Å². The Hall–Kier alpha value is -2.52. The van der Waals surface area contributed by atoms with Crippen LogP contribution in [0.1, 0.15) is 11.1 Å². The van der Waals surface area contributed by atoms with Gasteiger partial charge in [0, 0.05) is 25.7 Å². The van der Waals surface area contributed by atoms with Crippen LogP contribution in [0.3, 0.4) is 0 Å². The topological polar surface area (TPSA) is 115 Å². The molecular weight excluding hydrogens is 437 g/mol. The fourth-order valence-corrected chi connectivity index (χ4v) is 4.25. The van der Waals surface area contributed by atoms with Gasteiger partial charge in [0.2, 0.25) is 5.88 Å². The molecule has 2 aromatic rings. The number of nitrogens with zero attached hydrogens (tertiary/aromatic N) is 5. The Morgan fingerprint density at radius 1 is 1.33 bits per heavy atom. The molecule has 2 aliphatic heterocycles. The molecule has 160 valence electrons. The highest BCUT2D eigenvalue weighted by molar-refractivity contribution is 7.79. The van der Waals surface area contributed by atoms with Gasteiger partial charge >= 0.3 is 5.69 Å². The SMILES string of the molecule is Cl.N#Cc1cc(COc2cc3n(c(=O)n2)CC2CN(CS(=O)[O-])CCN32)ccc1F. The van der Waals surface area contributed by atoms with Gasteiger partial charge < -0.3 is 14.2 Å². The summed E-state index contributed by atoms with van der Waals surface area (Å²) in [6.45, 7) is 2.18. The second kappa shape index (κ2) is 9.09. The van der Waals surface area contributed by atoms with E-state index < -0.39 is 22.6 Å². The van der Waals surface area contributed by atoms with Gasteiger partial charge in [-0.2, -0.15) is 10.2 Å². The minimum atomic E-state index is -2.14. The molecule has 3 heterocycles. The predicted octanol–water partition coefficient (Wildman–Crippen LogP) is 0.596. The first kappa shape index (κ1) is 22.2. The Kier molecular flexibility index (Phi) is 6.72. The van der Waals surface area contributed by atoms with Crippen molar-refractivity contribution in [3.63, 3.8) is 0 Å². The molecule has 9 nitrogen and oxygen atoms in total. The highest BCUT2D eigenvalue weighted by atomic mass is 35.5. The van der Waals surface area contributed by atoms with Crippen molar-refractivity contribution in [3.05, 3.63) is 51.7 Å². The summed E-state index contributed by atoms with van der Waals surface area (Å²) in [7, 11) is 0. The van der Waals surface area contributed by atoms with Crippen LogP contribution in [0, 0.1) is 17.1 Å². The van der Waals surface area contributed by atoms with Crippen LogP contribution in [0.2, 0.25) is 0 Å². The van der Waals surface area contributed by atoms with Crippen LogP contribution < -0.4 is 15.3 Å². The van der Waals surface area contributed by atoms with Crippen molar-refractivity contribution < 1.29 is 17.9 Å². The number of ether oxygens (including phenoxy) is 1. The van der Waals surface area contributed by atoms with Crippen molar-refractivity contribution >= 4 is 29.3 Å². The Balaban J connectivity index is 0.00000256. The lowest BCUT2D eigenvalue weighted by atomic mass is 10.1. The lowest BCUT2D eigenvalue weighted by Gasteiger charge is -2.38. The first-order valence-electron chi connectivity index (χ1n) is 8.92. The predicted molar refractivity (Wildman–Crippen MR) is 108 cm³/mol. The molecule has 0 amide bonds. The molecule has 1 saturated heterocycles. The zero-order valence-electron chi connectivity index (χ0n) is 15.7. The van der Waals surface area contributed by atoms with Gasteiger partial charge in [0.25, 0.3) is 0 Å². The average Bonchev–Trinajstić information content (AvgIpc) is 3.05.